The largest absolute Gasteiger partial charge is 0.493 e. The smallest absolute Gasteiger partial charge is 0.329 e. The molecule has 0 aromatic heterocycles. The third-order valence-corrected chi connectivity index (χ3v) is 11.1. The molecule has 11 heteroatoms. The normalized spacial score (nSPS) is 22.1. The summed E-state index contributed by atoms with van der Waals surface area (Å²) in [5.74, 6) is 2.50. The molecule has 6 rings (SSSR count). The zero-order chi connectivity index (χ0) is 39.3. The van der Waals surface area contributed by atoms with Crippen molar-refractivity contribution in [2.45, 2.75) is 82.3 Å². The van der Waals surface area contributed by atoms with Crippen molar-refractivity contribution in [2.75, 3.05) is 61.4 Å². The van der Waals surface area contributed by atoms with Crippen molar-refractivity contribution in [1.29, 1.82) is 0 Å². The molecule has 0 unspecified atom stereocenters. The number of aryl methyl sites for hydroxylation is 1. The molecule has 56 heavy (non-hydrogen) atoms. The number of benzene rings is 3. The number of carbonyl (C=O) groups is 2. The van der Waals surface area contributed by atoms with Gasteiger partial charge in [0, 0.05) is 6.54 Å². The molecule has 2 aliphatic heterocycles. The summed E-state index contributed by atoms with van der Waals surface area (Å²) in [7, 11) is 6.39. The van der Waals surface area contributed by atoms with Crippen molar-refractivity contribution in [3.05, 3.63) is 83.4 Å². The second-order valence-corrected chi connectivity index (χ2v) is 14.6. The van der Waals surface area contributed by atoms with E-state index in [0.717, 1.165) is 61.6 Å². The Bertz CT molecular complexity index is 1790. The van der Waals surface area contributed by atoms with Crippen LogP contribution in [-0.4, -0.2) is 84.2 Å². The quantitative estimate of drug-likeness (QED) is 0.165. The maximum Gasteiger partial charge on any atom is 0.329 e. The monoisotopic (exact) mass is 771 g/mol. The Morgan fingerprint density at radius 2 is 1.50 bits per heavy atom. The molecule has 3 aromatic carbocycles. The first-order valence-electron chi connectivity index (χ1n) is 20.0. The number of esters is 1. The summed E-state index contributed by atoms with van der Waals surface area (Å²) in [6.07, 6.45) is 11.6. The third-order valence-electron chi connectivity index (χ3n) is 11.1. The topological polar surface area (TPSA) is 111 Å². The summed E-state index contributed by atoms with van der Waals surface area (Å²) < 4.78 is 47.2. The van der Waals surface area contributed by atoms with Crippen LogP contribution in [0.25, 0.3) is 0 Å². The van der Waals surface area contributed by atoms with E-state index in [1.165, 1.54) is 0 Å². The van der Waals surface area contributed by atoms with Crippen LogP contribution in [0.5, 0.6) is 34.5 Å². The molecule has 2 fully saturated rings. The molecule has 1 saturated carbocycles. The molecule has 0 spiro atoms. The highest BCUT2D eigenvalue weighted by Crippen LogP contribution is 2.45. The Hall–Kier alpha value is -4.90. The second kappa shape index (κ2) is 20.3. The maximum absolute atomic E-state index is 15.1. The molecule has 1 amide bonds. The van der Waals surface area contributed by atoms with Gasteiger partial charge in [0.2, 0.25) is 11.7 Å². The summed E-state index contributed by atoms with van der Waals surface area (Å²) in [4.78, 5) is 31.4. The van der Waals surface area contributed by atoms with Crippen molar-refractivity contribution >= 4 is 11.9 Å². The highest BCUT2D eigenvalue weighted by Gasteiger charge is 2.41. The molecular weight excluding hydrogens is 714 g/mol. The lowest BCUT2D eigenvalue weighted by molar-refractivity contribution is -0.163. The van der Waals surface area contributed by atoms with Crippen LogP contribution in [0.1, 0.15) is 86.5 Å². The first-order chi connectivity index (χ1) is 27.4. The molecule has 3 aromatic rings. The fourth-order valence-corrected chi connectivity index (χ4v) is 8.23. The second-order valence-electron chi connectivity index (χ2n) is 14.6. The van der Waals surface area contributed by atoms with Gasteiger partial charge in [0.05, 0.1) is 47.6 Å². The van der Waals surface area contributed by atoms with E-state index in [9.17, 15) is 4.79 Å². The van der Waals surface area contributed by atoms with Crippen LogP contribution in [0, 0.1) is 5.92 Å². The zero-order valence-electron chi connectivity index (χ0n) is 33.3. The van der Waals surface area contributed by atoms with Gasteiger partial charge in [-0.1, -0.05) is 43.5 Å². The molecule has 2 heterocycles. The van der Waals surface area contributed by atoms with E-state index in [2.05, 4.69) is 0 Å². The highest BCUT2D eigenvalue weighted by molar-refractivity contribution is 5.89. The minimum absolute atomic E-state index is 0.0637. The van der Waals surface area contributed by atoms with Gasteiger partial charge < -0.3 is 42.8 Å². The SMILES string of the molecule is COc1ccc(CC[C@H]2OC(=O)[C@@H]3CCCCN3C(=O)[C@@H](C3CCCCC3)c3cc(OC)c(OC)c(c3)OCCOC/C=C/COc3cccc2c3)cc1OC. The van der Waals surface area contributed by atoms with Gasteiger partial charge >= 0.3 is 5.97 Å². The third kappa shape index (κ3) is 10.1. The number of piperidine rings is 1. The predicted molar refractivity (Wildman–Crippen MR) is 212 cm³/mol. The molecule has 0 N–H and O–H groups in total. The average molecular weight is 772 g/mol. The fourth-order valence-electron chi connectivity index (χ4n) is 8.23. The number of hydrogen-bond donors (Lipinski definition) is 0. The molecule has 4 bridgehead atoms. The van der Waals surface area contributed by atoms with Crippen LogP contribution in [0.4, 0.5) is 0 Å². The zero-order valence-corrected chi connectivity index (χ0v) is 33.3. The summed E-state index contributed by atoms with van der Waals surface area (Å²) in [5.41, 5.74) is 2.62. The first kappa shape index (κ1) is 40.8. The fraction of sp³-hybridized carbons (Fsp3) is 0.511. The number of cyclic esters (lactones) is 1. The minimum atomic E-state index is -0.721. The van der Waals surface area contributed by atoms with E-state index in [0.29, 0.717) is 80.1 Å². The van der Waals surface area contributed by atoms with Crippen LogP contribution in [0.15, 0.2) is 66.7 Å². The average Bonchev–Trinajstić information content (AvgIpc) is 3.24. The summed E-state index contributed by atoms with van der Waals surface area (Å²) in [6.45, 7) is 1.82. The molecular formula is C45H57NO10. The van der Waals surface area contributed by atoms with Gasteiger partial charge in [-0.05, 0) is 110 Å². The van der Waals surface area contributed by atoms with Crippen LogP contribution in [-0.2, 0) is 25.5 Å². The van der Waals surface area contributed by atoms with E-state index in [-0.39, 0.29) is 18.4 Å². The summed E-state index contributed by atoms with van der Waals surface area (Å²) >= 11 is 0. The van der Waals surface area contributed by atoms with E-state index < -0.39 is 24.0 Å². The number of carbonyl (C=O) groups excluding carboxylic acids is 2. The van der Waals surface area contributed by atoms with Crippen LogP contribution < -0.4 is 28.4 Å². The number of amides is 1. The Labute approximate surface area is 331 Å². The summed E-state index contributed by atoms with van der Waals surface area (Å²) in [5, 5.41) is 0. The molecule has 1 aliphatic carbocycles. The Morgan fingerprint density at radius 1 is 0.714 bits per heavy atom. The molecule has 0 radical (unpaired) electrons. The standard InChI is InChI=1S/C45H57NO10/c1-49-38-21-19-31(27-39(38)50-2)18-20-37-33-15-12-16-35(28-33)54-24-11-10-23-53-25-26-55-41-30-34(29-40(51-3)43(41)52-4)42(32-13-6-5-7-14-32)44(47)46-22-9-8-17-36(46)45(48)56-37/h10-12,15-16,19,21,27-30,32,36-37,42H,5-9,13-14,17-18,20,22-26H2,1-4H3/b11-10+/t36-,37+,42-/m0/s1. The van der Waals surface area contributed by atoms with Crippen molar-refractivity contribution in [1.82, 2.24) is 4.90 Å². The Balaban J connectivity index is 1.36. The molecule has 1 saturated heterocycles. The molecule has 11 nitrogen and oxygen atoms in total. The lowest BCUT2D eigenvalue weighted by Crippen LogP contribution is -2.51. The van der Waals surface area contributed by atoms with Crippen LogP contribution in [0.3, 0.4) is 0 Å². The number of ether oxygens (including phenoxy) is 8. The van der Waals surface area contributed by atoms with Crippen LogP contribution in [0.2, 0.25) is 0 Å². The van der Waals surface area contributed by atoms with Gasteiger partial charge in [0.15, 0.2) is 23.0 Å². The number of nitrogens with zero attached hydrogens (tertiary/aromatic N) is 1. The van der Waals surface area contributed by atoms with Gasteiger partial charge in [-0.3, -0.25) is 4.79 Å². The Kier molecular flexibility index (Phi) is 14.8. The van der Waals surface area contributed by atoms with Gasteiger partial charge in [-0.25, -0.2) is 4.79 Å². The first-order valence-corrected chi connectivity index (χ1v) is 20.0. The lowest BCUT2D eigenvalue weighted by Gasteiger charge is -2.40. The van der Waals surface area contributed by atoms with E-state index in [1.54, 1.807) is 33.3 Å². The number of fused-ring (bicyclic) bond motifs is 5. The molecule has 302 valence electrons. The number of hydrogen-bond acceptors (Lipinski definition) is 10. The van der Waals surface area contributed by atoms with Gasteiger partial charge in [0.1, 0.15) is 31.1 Å². The molecule has 3 aliphatic rings. The minimum Gasteiger partial charge on any atom is -0.493 e. The lowest BCUT2D eigenvalue weighted by atomic mass is 9.75. The summed E-state index contributed by atoms with van der Waals surface area (Å²) in [6, 6.07) is 16.6. The van der Waals surface area contributed by atoms with Gasteiger partial charge in [-0.2, -0.15) is 0 Å². The van der Waals surface area contributed by atoms with Crippen molar-refractivity contribution in [3.8, 4) is 34.5 Å². The van der Waals surface area contributed by atoms with Gasteiger partial charge in [-0.15, -0.1) is 0 Å². The predicted octanol–water partition coefficient (Wildman–Crippen LogP) is 8.03. The maximum atomic E-state index is 15.1. The van der Waals surface area contributed by atoms with Gasteiger partial charge in [0.25, 0.3) is 0 Å². The molecule has 3 atom stereocenters. The van der Waals surface area contributed by atoms with E-state index >= 15 is 4.79 Å². The van der Waals surface area contributed by atoms with Crippen LogP contribution >= 0.6 is 0 Å². The number of rotatable bonds is 8. The van der Waals surface area contributed by atoms with Crippen molar-refractivity contribution in [3.63, 3.8) is 0 Å². The van der Waals surface area contributed by atoms with E-state index in [4.69, 9.17) is 37.9 Å². The Morgan fingerprint density at radius 3 is 2.29 bits per heavy atom. The van der Waals surface area contributed by atoms with E-state index in [1.807, 2.05) is 66.7 Å². The van der Waals surface area contributed by atoms with Crippen molar-refractivity contribution in [2.24, 2.45) is 5.92 Å². The number of methoxy groups -OCH3 is 4. The van der Waals surface area contributed by atoms with Crippen molar-refractivity contribution < 1.29 is 47.5 Å². The highest BCUT2D eigenvalue weighted by atomic mass is 16.6.